The second-order valence-electron chi connectivity index (χ2n) is 9.21. The van der Waals surface area contributed by atoms with Gasteiger partial charge in [0.2, 0.25) is 5.78 Å². The van der Waals surface area contributed by atoms with Crippen LogP contribution >= 0.6 is 0 Å². The van der Waals surface area contributed by atoms with Crippen LogP contribution < -0.4 is 0 Å². The van der Waals surface area contributed by atoms with Crippen molar-refractivity contribution in [2.24, 2.45) is 0 Å². The average molecular weight is 528 g/mol. The number of nitro groups is 1. The Labute approximate surface area is 231 Å². The number of ketones is 1. The first-order valence-electron chi connectivity index (χ1n) is 12.7. The Morgan fingerprint density at radius 3 is 1.40 bits per heavy atom. The number of hydrogen-bond donors (Lipinski definition) is 0. The molecule has 0 aromatic heterocycles. The fraction of sp³-hybridized carbons (Fsp3) is 0.0588. The minimum absolute atomic E-state index is 0.131. The van der Waals surface area contributed by atoms with Crippen molar-refractivity contribution in [3.8, 4) is 0 Å². The molecule has 40 heavy (non-hydrogen) atoms. The third kappa shape index (κ3) is 5.02. The number of benzene rings is 5. The van der Waals surface area contributed by atoms with E-state index in [9.17, 15) is 19.7 Å². The molecule has 5 aromatic rings. The first kappa shape index (κ1) is 26.3. The highest BCUT2D eigenvalue weighted by Gasteiger charge is 2.47. The summed E-state index contributed by atoms with van der Waals surface area (Å²) >= 11 is 0. The van der Waals surface area contributed by atoms with Crippen molar-refractivity contribution in [3.63, 3.8) is 0 Å². The van der Waals surface area contributed by atoms with Crippen molar-refractivity contribution in [1.29, 1.82) is 0 Å². The Hall–Kier alpha value is -5.36. The van der Waals surface area contributed by atoms with Gasteiger partial charge < -0.3 is 4.74 Å². The molecule has 0 saturated carbocycles. The Morgan fingerprint density at radius 2 is 1.00 bits per heavy atom. The van der Waals surface area contributed by atoms with Gasteiger partial charge in [-0.05, 0) is 28.8 Å². The highest BCUT2D eigenvalue weighted by molar-refractivity contribution is 6.02. The zero-order chi connectivity index (χ0) is 28.0. The zero-order valence-corrected chi connectivity index (χ0v) is 21.4. The Balaban J connectivity index is 1.69. The van der Waals surface area contributed by atoms with Crippen LogP contribution in [0.4, 0.5) is 5.69 Å². The van der Waals surface area contributed by atoms with Gasteiger partial charge in [-0.15, -0.1) is 0 Å². The van der Waals surface area contributed by atoms with Crippen molar-refractivity contribution >= 4 is 17.4 Å². The van der Waals surface area contributed by atoms with Crippen LogP contribution in [0.5, 0.6) is 0 Å². The van der Waals surface area contributed by atoms with Crippen LogP contribution in [0.1, 0.15) is 38.7 Å². The molecule has 0 radical (unpaired) electrons. The van der Waals surface area contributed by atoms with Gasteiger partial charge >= 0.3 is 5.97 Å². The predicted molar refractivity (Wildman–Crippen MR) is 152 cm³/mol. The number of ether oxygens (including phenoxy) is 1. The Bertz CT molecular complexity index is 1510. The van der Waals surface area contributed by atoms with E-state index in [4.69, 9.17) is 4.74 Å². The normalized spacial score (nSPS) is 11.8. The van der Waals surface area contributed by atoms with Gasteiger partial charge in [-0.25, -0.2) is 0 Å². The fourth-order valence-corrected chi connectivity index (χ4v) is 4.91. The molecule has 5 rings (SSSR count). The number of rotatable bonds is 9. The highest BCUT2D eigenvalue weighted by atomic mass is 16.6. The minimum atomic E-state index is -1.40. The van der Waals surface area contributed by atoms with E-state index < -0.39 is 28.2 Å². The molecule has 0 saturated heterocycles. The summed E-state index contributed by atoms with van der Waals surface area (Å²) in [5.74, 6) is -1.09. The average Bonchev–Trinajstić information content (AvgIpc) is 3.02. The van der Waals surface area contributed by atoms with Gasteiger partial charge in [0.25, 0.3) is 5.69 Å². The third-order valence-electron chi connectivity index (χ3n) is 6.85. The van der Waals surface area contributed by atoms with Crippen molar-refractivity contribution in [2.45, 2.75) is 11.5 Å². The molecule has 0 aliphatic heterocycles. The van der Waals surface area contributed by atoms with Crippen LogP contribution in [-0.2, 0) is 14.9 Å². The van der Waals surface area contributed by atoms with Crippen molar-refractivity contribution in [1.82, 2.24) is 0 Å². The van der Waals surface area contributed by atoms with E-state index in [2.05, 4.69) is 0 Å². The number of non-ortho nitro benzene ring substituents is 1. The van der Waals surface area contributed by atoms with Crippen molar-refractivity contribution in [3.05, 3.63) is 184 Å². The smallest absolute Gasteiger partial charge is 0.326 e. The molecule has 6 heteroatoms. The minimum Gasteiger partial charge on any atom is -0.448 e. The molecular weight excluding hydrogens is 502 g/mol. The molecule has 0 N–H and O–H groups in total. The van der Waals surface area contributed by atoms with Gasteiger partial charge in [0.05, 0.1) is 4.92 Å². The number of Topliss-reactive ketones (excluding diaryl/α,β-unsaturated/α-hetero) is 1. The van der Waals surface area contributed by atoms with Crippen LogP contribution in [0.15, 0.2) is 146 Å². The topological polar surface area (TPSA) is 86.5 Å². The summed E-state index contributed by atoms with van der Waals surface area (Å²) < 4.78 is 6.22. The van der Waals surface area contributed by atoms with Gasteiger partial charge in [-0.3, -0.25) is 19.7 Å². The molecule has 0 heterocycles. The molecule has 5 aromatic carbocycles. The SMILES string of the molecule is O=C(c1ccccc1)[C@@H](OC(=O)C(c1ccccc1)(c1ccccc1)c1ccccc1)c1ccc([N+](=O)[O-])cc1. The Morgan fingerprint density at radius 1 is 0.600 bits per heavy atom. The fourth-order valence-electron chi connectivity index (χ4n) is 4.91. The molecule has 0 aliphatic carbocycles. The maximum absolute atomic E-state index is 14.7. The summed E-state index contributed by atoms with van der Waals surface area (Å²) in [5, 5.41) is 11.3. The molecule has 0 aliphatic rings. The zero-order valence-electron chi connectivity index (χ0n) is 21.4. The van der Waals surface area contributed by atoms with Gasteiger partial charge in [0.1, 0.15) is 5.41 Å². The molecular formula is C34H25NO5. The van der Waals surface area contributed by atoms with Crippen LogP contribution in [-0.4, -0.2) is 16.7 Å². The summed E-state index contributed by atoms with van der Waals surface area (Å²) in [5.41, 5.74) is 1.17. The number of carbonyl (C=O) groups is 2. The summed E-state index contributed by atoms with van der Waals surface area (Å²) in [6, 6.07) is 41.9. The second kappa shape index (κ2) is 11.6. The van der Waals surface area contributed by atoms with Gasteiger partial charge in [-0.2, -0.15) is 0 Å². The summed E-state index contributed by atoms with van der Waals surface area (Å²) in [6.45, 7) is 0. The monoisotopic (exact) mass is 527 g/mol. The van der Waals surface area contributed by atoms with Crippen LogP contribution in [0.25, 0.3) is 0 Å². The predicted octanol–water partition coefficient (Wildman–Crippen LogP) is 7.10. The number of carbonyl (C=O) groups excluding carboxylic acids is 2. The van der Waals surface area contributed by atoms with Crippen LogP contribution in [0.3, 0.4) is 0 Å². The highest BCUT2D eigenvalue weighted by Crippen LogP contribution is 2.42. The lowest BCUT2D eigenvalue weighted by molar-refractivity contribution is -0.384. The standard InChI is InChI=1S/C34H25NO5/c36-31(25-13-5-1-6-14-25)32(26-21-23-30(24-22-26)35(38)39)40-33(37)34(27-15-7-2-8-16-27,28-17-9-3-10-18-28)29-19-11-4-12-20-29/h1-24,32H/t32-/m0/s1. The lowest BCUT2D eigenvalue weighted by Gasteiger charge is -2.34. The number of nitro benzene ring substituents is 1. The largest absolute Gasteiger partial charge is 0.448 e. The first-order valence-corrected chi connectivity index (χ1v) is 12.7. The maximum Gasteiger partial charge on any atom is 0.326 e. The van der Waals surface area contributed by atoms with E-state index >= 15 is 0 Å². The van der Waals surface area contributed by atoms with E-state index in [1.165, 1.54) is 24.3 Å². The van der Waals surface area contributed by atoms with E-state index in [1.807, 2.05) is 91.0 Å². The summed E-state index contributed by atoms with van der Waals surface area (Å²) in [6.07, 6.45) is -1.34. The van der Waals surface area contributed by atoms with Gasteiger partial charge in [0, 0.05) is 23.3 Å². The summed E-state index contributed by atoms with van der Waals surface area (Å²) in [4.78, 5) is 39.3. The molecule has 0 bridgehead atoms. The van der Waals surface area contributed by atoms with Gasteiger partial charge in [-0.1, -0.05) is 121 Å². The maximum atomic E-state index is 14.7. The number of esters is 1. The summed E-state index contributed by atoms with van der Waals surface area (Å²) in [7, 11) is 0. The third-order valence-corrected chi connectivity index (χ3v) is 6.85. The van der Waals surface area contributed by atoms with Crippen LogP contribution in [0.2, 0.25) is 0 Å². The van der Waals surface area contributed by atoms with Crippen LogP contribution in [0, 0.1) is 10.1 Å². The molecule has 0 fully saturated rings. The quantitative estimate of drug-likeness (QED) is 0.0671. The molecule has 6 nitrogen and oxygen atoms in total. The second-order valence-corrected chi connectivity index (χ2v) is 9.21. The lowest BCUT2D eigenvalue weighted by atomic mass is 9.69. The number of hydrogen-bond acceptors (Lipinski definition) is 5. The molecule has 196 valence electrons. The molecule has 0 amide bonds. The molecule has 0 unspecified atom stereocenters. The van der Waals surface area contributed by atoms with E-state index in [-0.39, 0.29) is 5.69 Å². The molecule has 0 spiro atoms. The number of nitrogens with zero attached hydrogens (tertiary/aromatic N) is 1. The van der Waals surface area contributed by atoms with Crippen molar-refractivity contribution in [2.75, 3.05) is 0 Å². The Kier molecular flexibility index (Phi) is 7.60. The van der Waals surface area contributed by atoms with Crippen molar-refractivity contribution < 1.29 is 19.2 Å². The van der Waals surface area contributed by atoms with E-state index in [1.54, 1.807) is 30.3 Å². The molecule has 1 atom stereocenters. The van der Waals surface area contributed by atoms with E-state index in [0.717, 1.165) is 0 Å². The van der Waals surface area contributed by atoms with Gasteiger partial charge in [0.15, 0.2) is 6.10 Å². The lowest BCUT2D eigenvalue weighted by Crippen LogP contribution is -2.41. The first-order chi connectivity index (χ1) is 19.5. The van der Waals surface area contributed by atoms with E-state index in [0.29, 0.717) is 27.8 Å².